The van der Waals surface area contributed by atoms with Crippen LogP contribution in [0.5, 0.6) is 11.5 Å². The second-order valence-corrected chi connectivity index (χ2v) is 9.77. The number of hydrogen-bond acceptors (Lipinski definition) is 6. The smallest absolute Gasteiger partial charge is 0.295 e. The molecule has 0 unspecified atom stereocenters. The van der Waals surface area contributed by atoms with Crippen molar-refractivity contribution < 1.29 is 24.2 Å². The van der Waals surface area contributed by atoms with E-state index in [2.05, 4.69) is 12.6 Å². The lowest BCUT2D eigenvalue weighted by molar-refractivity contribution is -0.140. The van der Waals surface area contributed by atoms with Gasteiger partial charge in [-0.15, -0.1) is 0 Å². The van der Waals surface area contributed by atoms with Crippen LogP contribution in [0.25, 0.3) is 5.76 Å². The third-order valence-electron chi connectivity index (χ3n) is 6.51. The van der Waals surface area contributed by atoms with Crippen molar-refractivity contribution in [3.8, 4) is 11.5 Å². The van der Waals surface area contributed by atoms with Crippen molar-refractivity contribution in [1.29, 1.82) is 0 Å². The molecule has 1 atom stereocenters. The summed E-state index contributed by atoms with van der Waals surface area (Å²) in [6.07, 6.45) is 1.66. The van der Waals surface area contributed by atoms with Gasteiger partial charge >= 0.3 is 0 Å². The number of aryl methyl sites for hydroxylation is 1. The van der Waals surface area contributed by atoms with E-state index < -0.39 is 17.7 Å². The molecule has 1 aliphatic rings. The van der Waals surface area contributed by atoms with Gasteiger partial charge in [0.05, 0.1) is 11.6 Å². The summed E-state index contributed by atoms with van der Waals surface area (Å²) < 4.78 is 11.5. The number of aliphatic hydroxyl groups is 1. The predicted molar refractivity (Wildman–Crippen MR) is 152 cm³/mol. The maximum absolute atomic E-state index is 13.2. The van der Waals surface area contributed by atoms with Gasteiger partial charge in [0.15, 0.2) is 0 Å². The Morgan fingerprint density at radius 2 is 1.67 bits per heavy atom. The largest absolute Gasteiger partial charge is 0.507 e. The van der Waals surface area contributed by atoms with Gasteiger partial charge in [-0.25, -0.2) is 0 Å². The highest BCUT2D eigenvalue weighted by Gasteiger charge is 2.45. The highest BCUT2D eigenvalue weighted by atomic mass is 16.5. The van der Waals surface area contributed by atoms with E-state index in [-0.39, 0.29) is 11.3 Å². The average molecular weight is 527 g/mol. The van der Waals surface area contributed by atoms with Gasteiger partial charge in [-0.3, -0.25) is 9.59 Å². The summed E-state index contributed by atoms with van der Waals surface area (Å²) in [6.45, 7) is 7.37. The zero-order chi connectivity index (χ0) is 27.9. The van der Waals surface area contributed by atoms with Crippen molar-refractivity contribution in [3.05, 3.63) is 113 Å². The number of ether oxygens (including phenoxy) is 2. The topological polar surface area (TPSA) is 79.3 Å². The van der Waals surface area contributed by atoms with Crippen molar-refractivity contribution >= 4 is 17.4 Å². The van der Waals surface area contributed by atoms with Crippen molar-refractivity contribution in [3.63, 3.8) is 0 Å². The number of benzene rings is 3. The summed E-state index contributed by atoms with van der Waals surface area (Å²) in [7, 11) is 3.81. The fourth-order valence-electron chi connectivity index (χ4n) is 4.50. The first-order valence-electron chi connectivity index (χ1n) is 12.8. The molecule has 0 aliphatic carbocycles. The van der Waals surface area contributed by atoms with Gasteiger partial charge in [-0.05, 0) is 68.5 Å². The maximum Gasteiger partial charge on any atom is 0.295 e. The van der Waals surface area contributed by atoms with Crippen molar-refractivity contribution in [2.24, 2.45) is 0 Å². The lowest BCUT2D eigenvalue weighted by atomic mass is 9.95. The monoisotopic (exact) mass is 526 g/mol. The second kappa shape index (κ2) is 12.5. The standard InChI is InChI=1S/C32H34N2O5/c1-5-19-38-26-13-9-24(10-14-26)29-28(31(36)32(37)34(29)18-17-33(3)4)30(35)25-11-15-27(16-12-25)39-21-23-8-6-7-22(2)20-23/h5-16,20,29,35H,1,17-19,21H2,2-4H3/b30-28+/t29-/m0/s1. The van der Waals surface area contributed by atoms with E-state index in [0.717, 1.165) is 11.1 Å². The molecule has 39 heavy (non-hydrogen) atoms. The zero-order valence-corrected chi connectivity index (χ0v) is 22.6. The van der Waals surface area contributed by atoms with Crippen LogP contribution in [0, 0.1) is 6.92 Å². The van der Waals surface area contributed by atoms with Crippen LogP contribution < -0.4 is 9.47 Å². The number of rotatable bonds is 11. The van der Waals surface area contributed by atoms with Gasteiger partial charge in [-0.2, -0.15) is 0 Å². The Balaban J connectivity index is 1.63. The number of ketones is 1. The van der Waals surface area contributed by atoms with Crippen LogP contribution in [0.3, 0.4) is 0 Å². The molecule has 0 saturated carbocycles. The van der Waals surface area contributed by atoms with Gasteiger partial charge in [0.25, 0.3) is 11.7 Å². The van der Waals surface area contributed by atoms with Crippen LogP contribution in [-0.4, -0.2) is 60.4 Å². The molecule has 0 aromatic heterocycles. The van der Waals surface area contributed by atoms with E-state index >= 15 is 0 Å². The van der Waals surface area contributed by atoms with Gasteiger partial charge < -0.3 is 24.4 Å². The number of hydrogen-bond donors (Lipinski definition) is 1. The van der Waals surface area contributed by atoms with Crippen molar-refractivity contribution in [2.45, 2.75) is 19.6 Å². The molecular weight excluding hydrogens is 492 g/mol. The third kappa shape index (κ3) is 6.56. The number of carbonyl (C=O) groups excluding carboxylic acids is 2. The summed E-state index contributed by atoms with van der Waals surface area (Å²) in [5, 5.41) is 11.3. The van der Waals surface area contributed by atoms with Crippen LogP contribution in [0.2, 0.25) is 0 Å². The molecule has 0 bridgehead atoms. The van der Waals surface area contributed by atoms with Crippen LogP contribution in [0.1, 0.15) is 28.3 Å². The SMILES string of the molecule is C=CCOc1ccc([C@H]2/C(=C(\O)c3ccc(OCc4cccc(C)c4)cc3)C(=O)C(=O)N2CCN(C)C)cc1. The molecule has 7 heteroatoms. The van der Waals surface area contributed by atoms with Gasteiger partial charge in [-0.1, -0.05) is 54.6 Å². The minimum atomic E-state index is -0.726. The summed E-state index contributed by atoms with van der Waals surface area (Å²) in [5.41, 5.74) is 3.41. The lowest BCUT2D eigenvalue weighted by Crippen LogP contribution is -2.35. The minimum Gasteiger partial charge on any atom is -0.507 e. The number of Topliss-reactive ketones (excluding diaryl/α,β-unsaturated/α-hetero) is 1. The molecule has 1 amide bonds. The molecule has 1 heterocycles. The van der Waals surface area contributed by atoms with E-state index in [4.69, 9.17) is 9.47 Å². The molecule has 3 aromatic rings. The second-order valence-electron chi connectivity index (χ2n) is 9.77. The molecule has 4 rings (SSSR count). The predicted octanol–water partition coefficient (Wildman–Crippen LogP) is 5.12. The van der Waals surface area contributed by atoms with E-state index in [1.54, 1.807) is 42.5 Å². The first-order chi connectivity index (χ1) is 18.8. The Kier molecular flexibility index (Phi) is 8.84. The third-order valence-corrected chi connectivity index (χ3v) is 6.51. The van der Waals surface area contributed by atoms with Crippen molar-refractivity contribution in [1.82, 2.24) is 9.80 Å². The van der Waals surface area contributed by atoms with Gasteiger partial charge in [0.2, 0.25) is 0 Å². The van der Waals surface area contributed by atoms with Gasteiger partial charge in [0, 0.05) is 18.7 Å². The Morgan fingerprint density at radius 3 is 2.31 bits per heavy atom. The van der Waals surface area contributed by atoms with E-state index in [1.165, 1.54) is 4.90 Å². The van der Waals surface area contributed by atoms with Gasteiger partial charge in [0.1, 0.15) is 30.5 Å². The summed E-state index contributed by atoms with van der Waals surface area (Å²) in [5.74, 6) is -0.282. The van der Waals surface area contributed by atoms with E-state index in [9.17, 15) is 14.7 Å². The quantitative estimate of drug-likeness (QED) is 0.162. The van der Waals surface area contributed by atoms with Crippen LogP contribution in [0.4, 0.5) is 0 Å². The number of likely N-dealkylation sites (N-methyl/N-ethyl adjacent to an activating group) is 1. The fraction of sp³-hybridized carbons (Fsp3) is 0.250. The number of carbonyl (C=O) groups is 2. The Hall–Kier alpha value is -4.36. The summed E-state index contributed by atoms with van der Waals surface area (Å²) in [6, 6.07) is 21.4. The zero-order valence-electron chi connectivity index (χ0n) is 22.6. The highest BCUT2D eigenvalue weighted by molar-refractivity contribution is 6.46. The average Bonchev–Trinajstić information content (AvgIpc) is 3.19. The summed E-state index contributed by atoms with van der Waals surface area (Å²) in [4.78, 5) is 29.8. The van der Waals surface area contributed by atoms with Crippen LogP contribution in [-0.2, 0) is 16.2 Å². The Labute approximate surface area is 229 Å². The molecule has 1 fully saturated rings. The fourth-order valence-corrected chi connectivity index (χ4v) is 4.50. The Bertz CT molecular complexity index is 1360. The maximum atomic E-state index is 13.2. The number of amides is 1. The number of aliphatic hydroxyl groups excluding tert-OH is 1. The van der Waals surface area contributed by atoms with Crippen molar-refractivity contribution in [2.75, 3.05) is 33.8 Å². The Morgan fingerprint density at radius 1 is 1.00 bits per heavy atom. The molecule has 0 spiro atoms. The number of nitrogens with zero attached hydrogens (tertiary/aromatic N) is 2. The van der Waals surface area contributed by atoms with E-state index in [0.29, 0.717) is 48.9 Å². The number of likely N-dealkylation sites (tertiary alicyclic amines) is 1. The van der Waals surface area contributed by atoms with Crippen LogP contribution >= 0.6 is 0 Å². The minimum absolute atomic E-state index is 0.0620. The molecule has 1 aliphatic heterocycles. The molecular formula is C32H34N2O5. The molecule has 1 saturated heterocycles. The highest BCUT2D eigenvalue weighted by Crippen LogP contribution is 2.40. The molecule has 202 valence electrons. The molecule has 1 N–H and O–H groups in total. The molecule has 3 aromatic carbocycles. The van der Waals surface area contributed by atoms with E-state index in [1.807, 2.05) is 56.3 Å². The van der Waals surface area contributed by atoms with Crippen LogP contribution in [0.15, 0.2) is 91.0 Å². The first kappa shape index (κ1) is 27.7. The molecule has 0 radical (unpaired) electrons. The first-order valence-corrected chi connectivity index (χ1v) is 12.8. The molecule has 7 nitrogen and oxygen atoms in total. The normalized spacial score (nSPS) is 16.5. The lowest BCUT2D eigenvalue weighted by Gasteiger charge is -2.26. The summed E-state index contributed by atoms with van der Waals surface area (Å²) >= 11 is 0.